The van der Waals surface area contributed by atoms with Crippen LogP contribution in [0, 0.1) is 5.92 Å². The number of hydrogen-bond acceptors (Lipinski definition) is 4. The van der Waals surface area contributed by atoms with E-state index in [-0.39, 0.29) is 11.8 Å². The van der Waals surface area contributed by atoms with E-state index in [4.69, 9.17) is 5.73 Å². The lowest BCUT2D eigenvalue weighted by atomic mass is 10.0. The number of carbonyl (C=O) groups excluding carboxylic acids is 4. The van der Waals surface area contributed by atoms with Gasteiger partial charge in [-0.15, -0.1) is 0 Å². The standard InChI is InChI=1S/C15H25N3O4/c1-9(2)8-12(13(16)20)17(4)15(22)11-6-5-7-18(11)14(21)10(3)19/h9,11-12H,5-8H2,1-4H3,(H2,16,20)/t11?,12-/m1/s1. The molecule has 1 fully saturated rings. The Morgan fingerprint density at radius 2 is 1.86 bits per heavy atom. The Hall–Kier alpha value is -1.92. The number of likely N-dealkylation sites (N-methyl/N-ethyl adjacent to an activating group) is 1. The quantitative estimate of drug-likeness (QED) is 0.693. The zero-order valence-corrected chi connectivity index (χ0v) is 13.7. The Kier molecular flexibility index (Phi) is 6.08. The van der Waals surface area contributed by atoms with Gasteiger partial charge in [0, 0.05) is 20.5 Å². The largest absolute Gasteiger partial charge is 0.368 e. The van der Waals surface area contributed by atoms with Gasteiger partial charge in [-0.05, 0) is 25.2 Å². The predicted molar refractivity (Wildman–Crippen MR) is 80.6 cm³/mol. The average Bonchev–Trinajstić information content (AvgIpc) is 2.90. The fourth-order valence-electron chi connectivity index (χ4n) is 2.77. The monoisotopic (exact) mass is 311 g/mol. The maximum absolute atomic E-state index is 12.6. The molecule has 2 atom stereocenters. The maximum atomic E-state index is 12.6. The number of primary amides is 1. The lowest BCUT2D eigenvalue weighted by Gasteiger charge is -2.32. The van der Waals surface area contributed by atoms with Crippen LogP contribution < -0.4 is 5.73 Å². The molecule has 124 valence electrons. The highest BCUT2D eigenvalue weighted by Gasteiger charge is 2.39. The minimum Gasteiger partial charge on any atom is -0.368 e. The molecule has 0 saturated carbocycles. The van der Waals surface area contributed by atoms with Crippen molar-refractivity contribution >= 4 is 23.5 Å². The van der Waals surface area contributed by atoms with E-state index >= 15 is 0 Å². The van der Waals surface area contributed by atoms with E-state index in [0.717, 1.165) is 0 Å². The summed E-state index contributed by atoms with van der Waals surface area (Å²) >= 11 is 0. The van der Waals surface area contributed by atoms with Crippen molar-refractivity contribution in [2.45, 2.75) is 52.1 Å². The number of likely N-dealkylation sites (tertiary alicyclic amines) is 1. The maximum Gasteiger partial charge on any atom is 0.290 e. The molecular weight excluding hydrogens is 286 g/mol. The first kappa shape index (κ1) is 18.1. The summed E-state index contributed by atoms with van der Waals surface area (Å²) in [6.45, 7) is 5.45. The molecule has 1 unspecified atom stereocenters. The van der Waals surface area contributed by atoms with Crippen LogP contribution >= 0.6 is 0 Å². The molecule has 0 bridgehead atoms. The number of carbonyl (C=O) groups is 4. The highest BCUT2D eigenvalue weighted by atomic mass is 16.2. The minimum atomic E-state index is -0.706. The first-order chi connectivity index (χ1) is 10.2. The molecule has 1 heterocycles. The third kappa shape index (κ3) is 4.05. The van der Waals surface area contributed by atoms with Gasteiger partial charge in [-0.3, -0.25) is 19.2 Å². The summed E-state index contributed by atoms with van der Waals surface area (Å²) in [5.41, 5.74) is 5.40. The van der Waals surface area contributed by atoms with Crippen LogP contribution in [0.15, 0.2) is 0 Å². The Balaban J connectivity index is 2.90. The van der Waals surface area contributed by atoms with E-state index in [0.29, 0.717) is 25.8 Å². The second kappa shape index (κ2) is 7.38. The van der Waals surface area contributed by atoms with Crippen LogP contribution in [0.25, 0.3) is 0 Å². The number of hydrogen-bond donors (Lipinski definition) is 1. The Bertz CT molecular complexity index is 475. The second-order valence-electron chi connectivity index (χ2n) is 6.21. The number of rotatable bonds is 6. The summed E-state index contributed by atoms with van der Waals surface area (Å²) in [6.07, 6.45) is 1.62. The number of amides is 3. The van der Waals surface area contributed by atoms with Crippen molar-refractivity contribution < 1.29 is 19.2 Å². The van der Waals surface area contributed by atoms with Gasteiger partial charge >= 0.3 is 0 Å². The summed E-state index contributed by atoms with van der Waals surface area (Å²) in [5, 5.41) is 0. The van der Waals surface area contributed by atoms with Gasteiger partial charge < -0.3 is 15.5 Å². The first-order valence-corrected chi connectivity index (χ1v) is 7.54. The SMILES string of the molecule is CC(=O)C(=O)N1CCCC1C(=O)N(C)[C@H](CC(C)C)C(N)=O. The molecule has 1 aliphatic heterocycles. The molecule has 0 aliphatic carbocycles. The second-order valence-corrected chi connectivity index (χ2v) is 6.21. The number of Topliss-reactive ketones (excluding diaryl/α,β-unsaturated/α-hetero) is 1. The molecule has 0 radical (unpaired) electrons. The smallest absolute Gasteiger partial charge is 0.290 e. The molecule has 7 nitrogen and oxygen atoms in total. The molecule has 2 N–H and O–H groups in total. The molecule has 0 spiro atoms. The molecule has 22 heavy (non-hydrogen) atoms. The summed E-state index contributed by atoms with van der Waals surface area (Å²) in [7, 11) is 1.52. The van der Waals surface area contributed by atoms with Gasteiger partial charge in [0.25, 0.3) is 5.91 Å². The lowest BCUT2D eigenvalue weighted by Crippen LogP contribution is -2.54. The molecule has 1 aliphatic rings. The van der Waals surface area contributed by atoms with Gasteiger partial charge in [-0.25, -0.2) is 0 Å². The molecule has 3 amide bonds. The minimum absolute atomic E-state index is 0.200. The van der Waals surface area contributed by atoms with E-state index in [1.165, 1.54) is 23.8 Å². The number of ketones is 1. The normalized spacial score (nSPS) is 19.1. The topological polar surface area (TPSA) is 101 Å². The zero-order valence-electron chi connectivity index (χ0n) is 13.7. The fraction of sp³-hybridized carbons (Fsp3) is 0.733. The summed E-state index contributed by atoms with van der Waals surface area (Å²) in [6, 6.07) is -1.39. The Morgan fingerprint density at radius 3 is 2.32 bits per heavy atom. The fourth-order valence-corrected chi connectivity index (χ4v) is 2.77. The van der Waals surface area contributed by atoms with Crippen molar-refractivity contribution in [2.24, 2.45) is 11.7 Å². The summed E-state index contributed by atoms with van der Waals surface area (Å²) < 4.78 is 0. The molecule has 1 saturated heterocycles. The van der Waals surface area contributed by atoms with Crippen molar-refractivity contribution in [3.8, 4) is 0 Å². The average molecular weight is 311 g/mol. The molecule has 0 aromatic rings. The summed E-state index contributed by atoms with van der Waals surface area (Å²) in [4.78, 5) is 50.0. The van der Waals surface area contributed by atoms with Crippen LogP contribution in [-0.4, -0.2) is 59.0 Å². The molecular formula is C15H25N3O4. The van der Waals surface area contributed by atoms with E-state index in [2.05, 4.69) is 0 Å². The van der Waals surface area contributed by atoms with E-state index in [1.54, 1.807) is 0 Å². The van der Waals surface area contributed by atoms with Crippen LogP contribution in [0.2, 0.25) is 0 Å². The van der Waals surface area contributed by atoms with Crippen LogP contribution in [-0.2, 0) is 19.2 Å². The van der Waals surface area contributed by atoms with Crippen molar-refractivity contribution in [1.29, 1.82) is 0 Å². The van der Waals surface area contributed by atoms with Crippen LogP contribution in [0.4, 0.5) is 0 Å². The molecule has 0 aromatic carbocycles. The number of nitrogens with two attached hydrogens (primary N) is 1. The van der Waals surface area contributed by atoms with Crippen molar-refractivity contribution in [1.82, 2.24) is 9.80 Å². The van der Waals surface area contributed by atoms with E-state index in [1.807, 2.05) is 13.8 Å². The van der Waals surface area contributed by atoms with E-state index in [9.17, 15) is 19.2 Å². The van der Waals surface area contributed by atoms with Crippen LogP contribution in [0.5, 0.6) is 0 Å². The zero-order chi connectivity index (χ0) is 17.0. The molecule has 7 heteroatoms. The highest BCUT2D eigenvalue weighted by molar-refractivity contribution is 6.35. The number of nitrogens with zero attached hydrogens (tertiary/aromatic N) is 2. The Morgan fingerprint density at radius 1 is 1.27 bits per heavy atom. The van der Waals surface area contributed by atoms with E-state index < -0.39 is 29.7 Å². The molecule has 0 aromatic heterocycles. The lowest BCUT2D eigenvalue weighted by molar-refractivity contribution is -0.150. The molecule has 1 rings (SSSR count). The summed E-state index contributed by atoms with van der Waals surface area (Å²) in [5.74, 6) is -1.94. The van der Waals surface area contributed by atoms with Crippen molar-refractivity contribution in [2.75, 3.05) is 13.6 Å². The van der Waals surface area contributed by atoms with Crippen LogP contribution in [0.1, 0.15) is 40.0 Å². The van der Waals surface area contributed by atoms with Crippen molar-refractivity contribution in [3.63, 3.8) is 0 Å². The third-order valence-electron chi connectivity index (χ3n) is 3.94. The third-order valence-corrected chi connectivity index (χ3v) is 3.94. The van der Waals surface area contributed by atoms with Gasteiger partial charge in [-0.1, -0.05) is 13.8 Å². The van der Waals surface area contributed by atoms with Gasteiger partial charge in [0.1, 0.15) is 12.1 Å². The Labute approximate surface area is 130 Å². The van der Waals surface area contributed by atoms with Gasteiger partial charge in [0.05, 0.1) is 0 Å². The van der Waals surface area contributed by atoms with Crippen molar-refractivity contribution in [3.05, 3.63) is 0 Å². The predicted octanol–water partition coefficient (Wildman–Crippen LogP) is -0.0752. The van der Waals surface area contributed by atoms with Crippen LogP contribution in [0.3, 0.4) is 0 Å². The highest BCUT2D eigenvalue weighted by Crippen LogP contribution is 2.21. The van der Waals surface area contributed by atoms with Gasteiger partial charge in [0.2, 0.25) is 17.6 Å². The van der Waals surface area contributed by atoms with Gasteiger partial charge in [-0.2, -0.15) is 0 Å². The first-order valence-electron chi connectivity index (χ1n) is 7.54. The van der Waals surface area contributed by atoms with Gasteiger partial charge in [0.15, 0.2) is 0 Å².